The van der Waals surface area contributed by atoms with E-state index in [1.807, 2.05) is 0 Å². The maximum Gasteiger partial charge on any atom is 0.0493 e. The fourth-order valence-electron chi connectivity index (χ4n) is 1.53. The molecular formula is C8H17NO. The molecule has 0 bridgehead atoms. The Bertz CT molecular complexity index is 93.3. The number of ether oxygens (including phenoxy) is 1. The van der Waals surface area contributed by atoms with Gasteiger partial charge < -0.3 is 10.1 Å². The zero-order valence-electron chi connectivity index (χ0n) is 6.89. The van der Waals surface area contributed by atoms with Gasteiger partial charge in [0.15, 0.2) is 0 Å². The molecule has 0 aromatic carbocycles. The molecule has 0 spiro atoms. The molecule has 1 rings (SSSR count). The van der Waals surface area contributed by atoms with Gasteiger partial charge in [-0.25, -0.2) is 0 Å². The summed E-state index contributed by atoms with van der Waals surface area (Å²) in [5.74, 6) is 1.57. The Labute approximate surface area is 63.0 Å². The molecule has 2 nitrogen and oxygen atoms in total. The molecule has 1 aliphatic rings. The third-order valence-corrected chi connectivity index (χ3v) is 2.34. The van der Waals surface area contributed by atoms with Crippen molar-refractivity contribution in [2.45, 2.75) is 13.3 Å². The summed E-state index contributed by atoms with van der Waals surface area (Å²) in [5.41, 5.74) is 0. The number of nitrogens with one attached hydrogen (secondary N) is 1. The van der Waals surface area contributed by atoms with Gasteiger partial charge >= 0.3 is 0 Å². The van der Waals surface area contributed by atoms with Crippen molar-refractivity contribution in [3.05, 3.63) is 0 Å². The second-order valence-corrected chi connectivity index (χ2v) is 3.19. The zero-order valence-corrected chi connectivity index (χ0v) is 6.89. The fourth-order valence-corrected chi connectivity index (χ4v) is 1.53. The van der Waals surface area contributed by atoms with Crippen LogP contribution in [0.25, 0.3) is 0 Å². The van der Waals surface area contributed by atoms with E-state index in [2.05, 4.69) is 12.2 Å². The van der Waals surface area contributed by atoms with Gasteiger partial charge in [0, 0.05) is 13.7 Å². The van der Waals surface area contributed by atoms with E-state index in [-0.39, 0.29) is 0 Å². The Balaban J connectivity index is 2.25. The Morgan fingerprint density at radius 3 is 3.00 bits per heavy atom. The van der Waals surface area contributed by atoms with E-state index in [9.17, 15) is 0 Å². The Hall–Kier alpha value is -0.0800. The molecule has 60 valence electrons. The third kappa shape index (κ3) is 1.96. The van der Waals surface area contributed by atoms with Crippen molar-refractivity contribution >= 4 is 0 Å². The maximum atomic E-state index is 5.12. The highest BCUT2D eigenvalue weighted by Crippen LogP contribution is 2.17. The first-order chi connectivity index (χ1) is 4.84. The summed E-state index contributed by atoms with van der Waals surface area (Å²) in [6.07, 6.45) is 1.27. The van der Waals surface area contributed by atoms with Crippen molar-refractivity contribution in [3.63, 3.8) is 0 Å². The lowest BCUT2D eigenvalue weighted by Crippen LogP contribution is -2.36. The number of piperidine rings is 1. The first-order valence-electron chi connectivity index (χ1n) is 4.04. The van der Waals surface area contributed by atoms with Crippen LogP contribution >= 0.6 is 0 Å². The van der Waals surface area contributed by atoms with Gasteiger partial charge in [-0.2, -0.15) is 0 Å². The van der Waals surface area contributed by atoms with Gasteiger partial charge in [-0.15, -0.1) is 0 Å². The molecule has 1 fully saturated rings. The highest BCUT2D eigenvalue weighted by molar-refractivity contribution is 4.74. The van der Waals surface area contributed by atoms with Crippen molar-refractivity contribution < 1.29 is 4.74 Å². The second kappa shape index (κ2) is 3.94. The Morgan fingerprint density at radius 1 is 1.60 bits per heavy atom. The molecule has 0 aliphatic carbocycles. The van der Waals surface area contributed by atoms with Crippen LogP contribution in [0.15, 0.2) is 0 Å². The molecule has 0 amide bonds. The van der Waals surface area contributed by atoms with Gasteiger partial charge in [0.2, 0.25) is 0 Å². The summed E-state index contributed by atoms with van der Waals surface area (Å²) >= 11 is 0. The molecule has 0 aromatic rings. The lowest BCUT2D eigenvalue weighted by atomic mass is 9.89. The van der Waals surface area contributed by atoms with Crippen LogP contribution < -0.4 is 5.32 Å². The highest BCUT2D eigenvalue weighted by atomic mass is 16.5. The molecule has 2 atom stereocenters. The van der Waals surface area contributed by atoms with E-state index in [0.717, 1.165) is 25.0 Å². The number of hydrogen-bond donors (Lipinski definition) is 1. The summed E-state index contributed by atoms with van der Waals surface area (Å²) in [5, 5.41) is 3.37. The predicted molar refractivity (Wildman–Crippen MR) is 42.0 cm³/mol. The van der Waals surface area contributed by atoms with E-state index in [1.165, 1.54) is 13.0 Å². The van der Waals surface area contributed by atoms with Crippen LogP contribution in [-0.4, -0.2) is 26.8 Å². The number of rotatable bonds is 2. The van der Waals surface area contributed by atoms with Gasteiger partial charge in [-0.3, -0.25) is 0 Å². The van der Waals surface area contributed by atoms with Crippen molar-refractivity contribution in [1.29, 1.82) is 0 Å². The van der Waals surface area contributed by atoms with Crippen molar-refractivity contribution in [1.82, 2.24) is 5.32 Å². The Kier molecular flexibility index (Phi) is 3.16. The first kappa shape index (κ1) is 8.02. The maximum absolute atomic E-state index is 5.12. The smallest absolute Gasteiger partial charge is 0.0493 e. The second-order valence-electron chi connectivity index (χ2n) is 3.19. The largest absolute Gasteiger partial charge is 0.384 e. The molecule has 1 aliphatic heterocycles. The SMILES string of the molecule is COCC1CCNCC1C. The first-order valence-corrected chi connectivity index (χ1v) is 4.04. The van der Waals surface area contributed by atoms with E-state index in [0.29, 0.717) is 0 Å². The average Bonchev–Trinajstić information content (AvgIpc) is 1.94. The standard InChI is InChI=1S/C8H17NO/c1-7-5-9-4-3-8(7)6-10-2/h7-9H,3-6H2,1-2H3. The Morgan fingerprint density at radius 2 is 2.40 bits per heavy atom. The van der Waals surface area contributed by atoms with Crippen LogP contribution in [0.3, 0.4) is 0 Å². The summed E-state index contributed by atoms with van der Waals surface area (Å²) in [6.45, 7) is 5.55. The van der Waals surface area contributed by atoms with E-state index in [1.54, 1.807) is 7.11 Å². The minimum atomic E-state index is 0.784. The minimum Gasteiger partial charge on any atom is -0.384 e. The molecule has 1 heterocycles. The molecule has 2 unspecified atom stereocenters. The van der Waals surface area contributed by atoms with Crippen LogP contribution in [0.4, 0.5) is 0 Å². The quantitative estimate of drug-likeness (QED) is 0.619. The topological polar surface area (TPSA) is 21.3 Å². The van der Waals surface area contributed by atoms with E-state index in [4.69, 9.17) is 4.74 Å². The zero-order chi connectivity index (χ0) is 7.40. The summed E-state index contributed by atoms with van der Waals surface area (Å²) < 4.78 is 5.12. The molecule has 1 saturated heterocycles. The van der Waals surface area contributed by atoms with Gasteiger partial charge in [0.25, 0.3) is 0 Å². The molecule has 0 aromatic heterocycles. The summed E-state index contributed by atoms with van der Waals surface area (Å²) in [6, 6.07) is 0. The summed E-state index contributed by atoms with van der Waals surface area (Å²) in [4.78, 5) is 0. The molecule has 10 heavy (non-hydrogen) atoms. The lowest BCUT2D eigenvalue weighted by molar-refractivity contribution is 0.107. The van der Waals surface area contributed by atoms with Crippen LogP contribution in [-0.2, 0) is 4.74 Å². The lowest BCUT2D eigenvalue weighted by Gasteiger charge is -2.28. The molecule has 0 saturated carbocycles. The van der Waals surface area contributed by atoms with Crippen LogP contribution in [0.2, 0.25) is 0 Å². The van der Waals surface area contributed by atoms with Crippen molar-refractivity contribution in [2.24, 2.45) is 11.8 Å². The summed E-state index contributed by atoms with van der Waals surface area (Å²) in [7, 11) is 1.79. The van der Waals surface area contributed by atoms with Crippen LogP contribution in [0.5, 0.6) is 0 Å². The normalized spacial score (nSPS) is 34.2. The fraction of sp³-hybridized carbons (Fsp3) is 1.00. The number of hydrogen-bond acceptors (Lipinski definition) is 2. The monoisotopic (exact) mass is 143 g/mol. The average molecular weight is 143 g/mol. The molecule has 0 radical (unpaired) electrons. The van der Waals surface area contributed by atoms with Gasteiger partial charge in [-0.1, -0.05) is 6.92 Å². The third-order valence-electron chi connectivity index (χ3n) is 2.34. The number of methoxy groups -OCH3 is 1. The van der Waals surface area contributed by atoms with E-state index >= 15 is 0 Å². The van der Waals surface area contributed by atoms with Gasteiger partial charge in [0.05, 0.1) is 0 Å². The van der Waals surface area contributed by atoms with Crippen LogP contribution in [0.1, 0.15) is 13.3 Å². The van der Waals surface area contributed by atoms with Gasteiger partial charge in [0.1, 0.15) is 0 Å². The molecular weight excluding hydrogens is 126 g/mol. The van der Waals surface area contributed by atoms with E-state index < -0.39 is 0 Å². The van der Waals surface area contributed by atoms with Crippen molar-refractivity contribution in [2.75, 3.05) is 26.8 Å². The van der Waals surface area contributed by atoms with Crippen LogP contribution in [0, 0.1) is 11.8 Å². The predicted octanol–water partition coefficient (Wildman–Crippen LogP) is 0.878. The minimum absolute atomic E-state index is 0.784. The molecule has 1 N–H and O–H groups in total. The van der Waals surface area contributed by atoms with Crippen molar-refractivity contribution in [3.8, 4) is 0 Å². The highest BCUT2D eigenvalue weighted by Gasteiger charge is 2.19. The molecule has 2 heteroatoms. The van der Waals surface area contributed by atoms with Gasteiger partial charge in [-0.05, 0) is 31.3 Å².